The van der Waals surface area contributed by atoms with E-state index in [1.807, 2.05) is 30.3 Å². The maximum Gasteiger partial charge on any atom is 0.451 e. The molecule has 2 saturated heterocycles. The fourth-order valence-corrected chi connectivity index (χ4v) is 3.95. The minimum atomic E-state index is -0.786. The highest BCUT2D eigenvalue weighted by molar-refractivity contribution is 5.91. The molecule has 2 aliphatic heterocycles. The number of carbonyl (C=O) groups excluding carboxylic acids is 3. The van der Waals surface area contributed by atoms with E-state index >= 15 is 0 Å². The third-order valence-corrected chi connectivity index (χ3v) is 5.26. The normalized spacial score (nSPS) is 27.5. The number of fused-ring (bicyclic) bond motifs is 2. The number of quaternary nitrogens is 1. The molecule has 0 spiro atoms. The monoisotopic (exact) mass is 361 g/mol. The van der Waals surface area contributed by atoms with Crippen LogP contribution in [0.25, 0.3) is 0 Å². The molecular formula is C18H25N4O4+. The number of hydrazine groups is 1. The highest BCUT2D eigenvalue weighted by Crippen LogP contribution is 2.39. The van der Waals surface area contributed by atoms with E-state index in [2.05, 4.69) is 0 Å². The Morgan fingerprint density at radius 1 is 1.31 bits per heavy atom. The van der Waals surface area contributed by atoms with Crippen LogP contribution in [0.1, 0.15) is 31.7 Å². The summed E-state index contributed by atoms with van der Waals surface area (Å²) in [5, 5.41) is 2.28. The first-order valence-corrected chi connectivity index (χ1v) is 8.85. The standard InChI is InChI=1S/C18H25N4O4/c1-3-16(23)22-11-14(9-10-15(22)17(24)20(2)19)21(18(22)25)26-12-13-7-5-4-6-8-13/h4-8,14-15H,3,9-12,19H2,1-2H3/q+1. The average Bonchev–Trinajstić information content (AvgIpc) is 2.87. The molecular weight excluding hydrogens is 336 g/mol. The molecule has 3 unspecified atom stereocenters. The number of hydrogen-bond acceptors (Lipinski definition) is 5. The minimum Gasteiger partial charge on any atom is -0.279 e. The zero-order valence-corrected chi connectivity index (χ0v) is 15.1. The molecule has 8 nitrogen and oxygen atoms in total. The molecule has 26 heavy (non-hydrogen) atoms. The summed E-state index contributed by atoms with van der Waals surface area (Å²) in [5.74, 6) is 4.95. The number of piperidine rings is 1. The lowest BCUT2D eigenvalue weighted by Gasteiger charge is -2.37. The molecule has 2 N–H and O–H groups in total. The van der Waals surface area contributed by atoms with Crippen LogP contribution in [0, 0.1) is 0 Å². The van der Waals surface area contributed by atoms with Gasteiger partial charge in [-0.25, -0.2) is 15.4 Å². The van der Waals surface area contributed by atoms with Gasteiger partial charge in [-0.1, -0.05) is 37.3 Å². The Morgan fingerprint density at radius 2 is 2.00 bits per heavy atom. The lowest BCUT2D eigenvalue weighted by Crippen LogP contribution is -2.67. The van der Waals surface area contributed by atoms with Crippen molar-refractivity contribution in [3.63, 3.8) is 0 Å². The number of nitrogens with two attached hydrogens (primary N) is 1. The van der Waals surface area contributed by atoms with Gasteiger partial charge in [-0.2, -0.15) is 9.55 Å². The predicted molar refractivity (Wildman–Crippen MR) is 92.7 cm³/mol. The summed E-state index contributed by atoms with van der Waals surface area (Å²) in [7, 11) is 1.44. The number of nitrogens with zero attached hydrogens (tertiary/aromatic N) is 3. The smallest absolute Gasteiger partial charge is 0.279 e. The van der Waals surface area contributed by atoms with Crippen molar-refractivity contribution < 1.29 is 23.7 Å². The van der Waals surface area contributed by atoms with Crippen LogP contribution >= 0.6 is 0 Å². The number of hydrogen-bond donors (Lipinski definition) is 1. The molecule has 4 amide bonds. The third-order valence-electron chi connectivity index (χ3n) is 5.26. The molecule has 2 aliphatic rings. The Labute approximate surface area is 152 Å². The highest BCUT2D eigenvalue weighted by atomic mass is 16.7. The Bertz CT molecular complexity index is 708. The lowest BCUT2D eigenvalue weighted by molar-refractivity contribution is -0.789. The second kappa shape index (κ2) is 7.14. The number of rotatable bonds is 5. The van der Waals surface area contributed by atoms with Gasteiger partial charge in [-0.3, -0.25) is 14.6 Å². The number of urea groups is 1. The molecule has 3 rings (SSSR count). The minimum absolute atomic E-state index is 0.170. The van der Waals surface area contributed by atoms with Gasteiger partial charge in [0.1, 0.15) is 19.2 Å². The highest BCUT2D eigenvalue weighted by Gasteiger charge is 2.66. The first-order chi connectivity index (χ1) is 12.4. The average molecular weight is 361 g/mol. The van der Waals surface area contributed by atoms with Gasteiger partial charge in [0.15, 0.2) is 6.04 Å². The number of hydroxylamine groups is 2. The van der Waals surface area contributed by atoms with Crippen LogP contribution in [0.15, 0.2) is 30.3 Å². The summed E-state index contributed by atoms with van der Waals surface area (Å²) in [6, 6.07) is 8.05. The molecule has 2 fully saturated rings. The Balaban J connectivity index is 1.87. The number of carbonyl (C=O) groups is 3. The van der Waals surface area contributed by atoms with E-state index in [9.17, 15) is 14.4 Å². The molecule has 0 radical (unpaired) electrons. The van der Waals surface area contributed by atoms with Gasteiger partial charge in [0.25, 0.3) is 5.91 Å². The van der Waals surface area contributed by atoms with Crippen molar-refractivity contribution >= 4 is 17.8 Å². The van der Waals surface area contributed by atoms with Crippen molar-refractivity contribution in [3.05, 3.63) is 35.9 Å². The van der Waals surface area contributed by atoms with E-state index in [1.54, 1.807) is 6.92 Å². The number of amides is 4. The molecule has 3 atom stereocenters. The maximum atomic E-state index is 13.2. The van der Waals surface area contributed by atoms with Crippen molar-refractivity contribution in [2.24, 2.45) is 5.84 Å². The van der Waals surface area contributed by atoms with Crippen molar-refractivity contribution in [2.75, 3.05) is 13.6 Å². The summed E-state index contributed by atoms with van der Waals surface area (Å²) >= 11 is 0. The zero-order valence-electron chi connectivity index (χ0n) is 15.1. The van der Waals surface area contributed by atoms with Crippen LogP contribution in [0.3, 0.4) is 0 Å². The Kier molecular flexibility index (Phi) is 5.08. The van der Waals surface area contributed by atoms with Crippen molar-refractivity contribution in [1.82, 2.24) is 10.1 Å². The van der Waals surface area contributed by atoms with E-state index in [-0.39, 0.29) is 31.5 Å². The molecule has 0 saturated carbocycles. The van der Waals surface area contributed by atoms with E-state index in [1.165, 1.54) is 12.1 Å². The molecule has 140 valence electrons. The van der Waals surface area contributed by atoms with E-state index < -0.39 is 22.5 Å². The molecule has 2 heterocycles. The van der Waals surface area contributed by atoms with Crippen LogP contribution in [0.5, 0.6) is 0 Å². The Hall–Kier alpha value is -2.29. The topological polar surface area (TPSA) is 92.9 Å². The number of imide groups is 1. The second-order valence-corrected chi connectivity index (χ2v) is 6.86. The molecule has 8 heteroatoms. The summed E-state index contributed by atoms with van der Waals surface area (Å²) in [5.41, 5.74) is 0.930. The summed E-state index contributed by atoms with van der Waals surface area (Å²) in [6.45, 7) is 2.19. The first-order valence-electron chi connectivity index (χ1n) is 8.85. The first kappa shape index (κ1) is 18.5. The van der Waals surface area contributed by atoms with Gasteiger partial charge < -0.3 is 0 Å². The van der Waals surface area contributed by atoms with Gasteiger partial charge in [0.2, 0.25) is 0 Å². The van der Waals surface area contributed by atoms with Crippen LogP contribution in [0.2, 0.25) is 0 Å². The zero-order chi connectivity index (χ0) is 18.9. The molecule has 1 aromatic rings. The van der Waals surface area contributed by atoms with Gasteiger partial charge >= 0.3 is 11.9 Å². The third kappa shape index (κ3) is 2.90. The largest absolute Gasteiger partial charge is 0.451 e. The molecule has 0 aliphatic carbocycles. The quantitative estimate of drug-likeness (QED) is 0.368. The van der Waals surface area contributed by atoms with E-state index in [0.29, 0.717) is 12.8 Å². The summed E-state index contributed by atoms with van der Waals surface area (Å²) < 4.78 is -0.518. The summed E-state index contributed by atoms with van der Waals surface area (Å²) in [6.07, 6.45) is 1.19. The van der Waals surface area contributed by atoms with Gasteiger partial charge in [0.05, 0.1) is 6.42 Å². The molecule has 0 aromatic heterocycles. The fourth-order valence-electron chi connectivity index (χ4n) is 3.95. The summed E-state index contributed by atoms with van der Waals surface area (Å²) in [4.78, 5) is 44.3. The second-order valence-electron chi connectivity index (χ2n) is 6.86. The SMILES string of the molecule is CCC(=O)[N+]12CC(CCC1C(=O)N(C)N)N(OCc1ccccc1)C2=O. The van der Waals surface area contributed by atoms with Crippen LogP contribution in [-0.2, 0) is 21.0 Å². The molecule has 1 aromatic carbocycles. The van der Waals surface area contributed by atoms with Gasteiger partial charge in [-0.15, -0.1) is 0 Å². The predicted octanol–water partition coefficient (Wildman–Crippen LogP) is 1.17. The van der Waals surface area contributed by atoms with Crippen molar-refractivity contribution in [3.8, 4) is 0 Å². The molecule has 2 bridgehead atoms. The number of benzene rings is 1. The number of likely N-dealkylation sites (N-methyl/N-ethyl adjacent to an activating group) is 1. The lowest BCUT2D eigenvalue weighted by atomic mass is 9.96. The van der Waals surface area contributed by atoms with Gasteiger partial charge in [0, 0.05) is 13.5 Å². The van der Waals surface area contributed by atoms with Gasteiger partial charge in [-0.05, 0) is 12.0 Å². The Morgan fingerprint density at radius 3 is 2.62 bits per heavy atom. The van der Waals surface area contributed by atoms with Crippen LogP contribution in [0.4, 0.5) is 4.79 Å². The van der Waals surface area contributed by atoms with Crippen molar-refractivity contribution in [2.45, 2.75) is 44.9 Å². The van der Waals surface area contributed by atoms with Crippen LogP contribution < -0.4 is 5.84 Å². The maximum absolute atomic E-state index is 13.2. The van der Waals surface area contributed by atoms with E-state index in [4.69, 9.17) is 10.7 Å². The van der Waals surface area contributed by atoms with E-state index in [0.717, 1.165) is 10.6 Å². The fraction of sp³-hybridized carbons (Fsp3) is 0.500. The van der Waals surface area contributed by atoms with Crippen LogP contribution in [-0.4, -0.2) is 58.1 Å². The van der Waals surface area contributed by atoms with Crippen molar-refractivity contribution in [1.29, 1.82) is 0 Å².